The number of benzene rings is 2. The molecule has 0 saturated carbocycles. The highest BCUT2D eigenvalue weighted by atomic mass is 16.5. The molecular weight excluding hydrogens is 350 g/mol. The van der Waals surface area contributed by atoms with Gasteiger partial charge in [0.1, 0.15) is 5.75 Å². The summed E-state index contributed by atoms with van der Waals surface area (Å²) in [5.41, 5.74) is 3.59. The molecule has 1 amide bonds. The number of rotatable bonds is 8. The van der Waals surface area contributed by atoms with Crippen molar-refractivity contribution in [2.24, 2.45) is 0 Å². The first-order valence-corrected chi connectivity index (χ1v) is 9.36. The first kappa shape index (κ1) is 19.4. The van der Waals surface area contributed by atoms with Gasteiger partial charge < -0.3 is 15.0 Å². The van der Waals surface area contributed by atoms with E-state index in [1.165, 1.54) is 0 Å². The zero-order chi connectivity index (χ0) is 19.8. The molecule has 1 aromatic heterocycles. The van der Waals surface area contributed by atoms with Crippen LogP contribution in [-0.4, -0.2) is 29.4 Å². The van der Waals surface area contributed by atoms with Crippen molar-refractivity contribution in [2.45, 2.75) is 20.0 Å². The molecule has 2 aromatic carbocycles. The second-order valence-corrected chi connectivity index (χ2v) is 6.50. The minimum absolute atomic E-state index is 0.0248. The Kier molecular flexibility index (Phi) is 6.63. The van der Waals surface area contributed by atoms with E-state index in [4.69, 9.17) is 4.74 Å². The SMILES string of the molecule is CCOc1ccc(CN(C)C(=O)c2ccccc2NCc2cccnc2)cc1. The molecule has 5 nitrogen and oxygen atoms in total. The van der Waals surface area contributed by atoms with Gasteiger partial charge in [-0.05, 0) is 48.4 Å². The Hall–Kier alpha value is -3.34. The normalized spacial score (nSPS) is 10.4. The number of amides is 1. The Morgan fingerprint density at radius 1 is 1.04 bits per heavy atom. The lowest BCUT2D eigenvalue weighted by Gasteiger charge is -2.20. The fraction of sp³-hybridized carbons (Fsp3) is 0.217. The van der Waals surface area contributed by atoms with E-state index in [0.717, 1.165) is 22.6 Å². The van der Waals surface area contributed by atoms with Crippen LogP contribution in [0.2, 0.25) is 0 Å². The molecule has 0 radical (unpaired) electrons. The Morgan fingerprint density at radius 3 is 2.54 bits per heavy atom. The van der Waals surface area contributed by atoms with Gasteiger partial charge in [-0.1, -0.05) is 30.3 Å². The highest BCUT2D eigenvalue weighted by Gasteiger charge is 2.16. The molecule has 144 valence electrons. The molecule has 1 N–H and O–H groups in total. The Morgan fingerprint density at radius 2 is 1.82 bits per heavy atom. The molecule has 0 aliphatic carbocycles. The van der Waals surface area contributed by atoms with Crippen molar-refractivity contribution < 1.29 is 9.53 Å². The van der Waals surface area contributed by atoms with Crippen molar-refractivity contribution in [3.63, 3.8) is 0 Å². The maximum absolute atomic E-state index is 13.0. The van der Waals surface area contributed by atoms with Gasteiger partial charge in [0.05, 0.1) is 12.2 Å². The quantitative estimate of drug-likeness (QED) is 0.635. The van der Waals surface area contributed by atoms with E-state index in [0.29, 0.717) is 25.3 Å². The first-order chi connectivity index (χ1) is 13.7. The van der Waals surface area contributed by atoms with E-state index in [1.54, 1.807) is 11.1 Å². The molecule has 5 heteroatoms. The number of carbonyl (C=O) groups excluding carboxylic acids is 1. The summed E-state index contributed by atoms with van der Waals surface area (Å²) in [5, 5.41) is 3.35. The number of carbonyl (C=O) groups is 1. The number of anilines is 1. The highest BCUT2D eigenvalue weighted by Crippen LogP contribution is 2.20. The Labute approximate surface area is 166 Å². The predicted octanol–water partition coefficient (Wildman–Crippen LogP) is 4.36. The van der Waals surface area contributed by atoms with E-state index in [-0.39, 0.29) is 5.91 Å². The lowest BCUT2D eigenvalue weighted by Crippen LogP contribution is -2.27. The van der Waals surface area contributed by atoms with Crippen molar-refractivity contribution >= 4 is 11.6 Å². The van der Waals surface area contributed by atoms with Gasteiger partial charge in [0.2, 0.25) is 0 Å². The number of pyridine rings is 1. The molecule has 0 atom stereocenters. The number of nitrogens with one attached hydrogen (secondary N) is 1. The lowest BCUT2D eigenvalue weighted by atomic mass is 10.1. The van der Waals surface area contributed by atoms with Crippen LogP contribution >= 0.6 is 0 Å². The number of para-hydroxylation sites is 1. The van der Waals surface area contributed by atoms with Gasteiger partial charge in [-0.2, -0.15) is 0 Å². The monoisotopic (exact) mass is 375 g/mol. The Balaban J connectivity index is 1.67. The zero-order valence-electron chi connectivity index (χ0n) is 16.3. The van der Waals surface area contributed by atoms with Gasteiger partial charge in [0.15, 0.2) is 0 Å². The molecule has 0 aliphatic rings. The topological polar surface area (TPSA) is 54.5 Å². The number of hydrogen-bond acceptors (Lipinski definition) is 4. The molecular formula is C23H25N3O2. The third-order valence-corrected chi connectivity index (χ3v) is 4.36. The van der Waals surface area contributed by atoms with Gasteiger partial charge in [-0.3, -0.25) is 9.78 Å². The molecule has 1 heterocycles. The number of ether oxygens (including phenoxy) is 1. The molecule has 0 spiro atoms. The molecule has 28 heavy (non-hydrogen) atoms. The molecule has 0 saturated heterocycles. The predicted molar refractivity (Wildman–Crippen MR) is 111 cm³/mol. The van der Waals surface area contributed by atoms with Crippen LogP contribution in [0.4, 0.5) is 5.69 Å². The van der Waals surface area contributed by atoms with Crippen LogP contribution < -0.4 is 10.1 Å². The third-order valence-electron chi connectivity index (χ3n) is 4.36. The van der Waals surface area contributed by atoms with Crippen LogP contribution in [0.1, 0.15) is 28.4 Å². The molecule has 0 aliphatic heterocycles. The first-order valence-electron chi connectivity index (χ1n) is 9.36. The van der Waals surface area contributed by atoms with Gasteiger partial charge in [0, 0.05) is 38.2 Å². The molecule has 0 fully saturated rings. The maximum Gasteiger partial charge on any atom is 0.255 e. The summed E-state index contributed by atoms with van der Waals surface area (Å²) >= 11 is 0. The van der Waals surface area contributed by atoms with E-state index >= 15 is 0 Å². The smallest absolute Gasteiger partial charge is 0.255 e. The van der Waals surface area contributed by atoms with Crippen molar-refractivity contribution in [3.8, 4) is 5.75 Å². The molecule has 0 unspecified atom stereocenters. The van der Waals surface area contributed by atoms with Crippen LogP contribution in [0.15, 0.2) is 73.1 Å². The van der Waals surface area contributed by atoms with Crippen LogP contribution in [0.5, 0.6) is 5.75 Å². The molecule has 3 aromatic rings. The van der Waals surface area contributed by atoms with E-state index in [1.807, 2.05) is 80.8 Å². The standard InChI is InChI=1S/C23H25N3O2/c1-3-28-20-12-10-18(11-13-20)17-26(2)23(27)21-8-4-5-9-22(21)25-16-19-7-6-14-24-15-19/h4-15,25H,3,16-17H2,1-2H3. The second-order valence-electron chi connectivity index (χ2n) is 6.50. The largest absolute Gasteiger partial charge is 0.494 e. The summed E-state index contributed by atoms with van der Waals surface area (Å²) in [4.78, 5) is 18.8. The van der Waals surface area contributed by atoms with Gasteiger partial charge in [0.25, 0.3) is 5.91 Å². The fourth-order valence-corrected chi connectivity index (χ4v) is 2.93. The minimum atomic E-state index is -0.0248. The summed E-state index contributed by atoms with van der Waals surface area (Å²) < 4.78 is 5.47. The van der Waals surface area contributed by atoms with Gasteiger partial charge >= 0.3 is 0 Å². The van der Waals surface area contributed by atoms with Crippen LogP contribution in [-0.2, 0) is 13.1 Å². The average molecular weight is 375 g/mol. The van der Waals surface area contributed by atoms with E-state index in [2.05, 4.69) is 10.3 Å². The summed E-state index contributed by atoms with van der Waals surface area (Å²) in [5.74, 6) is 0.813. The number of hydrogen-bond donors (Lipinski definition) is 1. The fourth-order valence-electron chi connectivity index (χ4n) is 2.93. The number of nitrogens with zero attached hydrogens (tertiary/aromatic N) is 2. The lowest BCUT2D eigenvalue weighted by molar-refractivity contribution is 0.0786. The third kappa shape index (κ3) is 5.10. The van der Waals surface area contributed by atoms with Crippen LogP contribution in [0.25, 0.3) is 0 Å². The molecule has 0 bridgehead atoms. The van der Waals surface area contributed by atoms with Crippen LogP contribution in [0, 0.1) is 0 Å². The Bertz CT molecular complexity index is 895. The van der Waals surface area contributed by atoms with Gasteiger partial charge in [-0.15, -0.1) is 0 Å². The summed E-state index contributed by atoms with van der Waals surface area (Å²) in [6.45, 7) is 3.74. The number of aromatic nitrogens is 1. The molecule has 3 rings (SSSR count). The van der Waals surface area contributed by atoms with Crippen molar-refractivity contribution in [1.29, 1.82) is 0 Å². The maximum atomic E-state index is 13.0. The van der Waals surface area contributed by atoms with E-state index in [9.17, 15) is 4.79 Å². The summed E-state index contributed by atoms with van der Waals surface area (Å²) in [7, 11) is 1.82. The van der Waals surface area contributed by atoms with Crippen molar-refractivity contribution in [2.75, 3.05) is 19.0 Å². The second kappa shape index (κ2) is 9.55. The van der Waals surface area contributed by atoms with Crippen molar-refractivity contribution in [3.05, 3.63) is 89.7 Å². The van der Waals surface area contributed by atoms with Crippen molar-refractivity contribution in [1.82, 2.24) is 9.88 Å². The summed E-state index contributed by atoms with van der Waals surface area (Å²) in [6.07, 6.45) is 3.56. The average Bonchev–Trinajstić information content (AvgIpc) is 2.74. The minimum Gasteiger partial charge on any atom is -0.494 e. The van der Waals surface area contributed by atoms with Gasteiger partial charge in [-0.25, -0.2) is 0 Å². The van der Waals surface area contributed by atoms with Crippen LogP contribution in [0.3, 0.4) is 0 Å². The summed E-state index contributed by atoms with van der Waals surface area (Å²) in [6, 6.07) is 19.3. The highest BCUT2D eigenvalue weighted by molar-refractivity contribution is 5.99. The zero-order valence-corrected chi connectivity index (χ0v) is 16.3. The van der Waals surface area contributed by atoms with E-state index < -0.39 is 0 Å².